The van der Waals surface area contributed by atoms with Gasteiger partial charge in [0.1, 0.15) is 0 Å². The number of ether oxygens (including phenoxy) is 1. The van der Waals surface area contributed by atoms with Gasteiger partial charge < -0.3 is 10.5 Å². The Balaban J connectivity index is 2.26. The lowest BCUT2D eigenvalue weighted by Crippen LogP contribution is -2.23. The predicted molar refractivity (Wildman–Crippen MR) is 79.6 cm³/mol. The van der Waals surface area contributed by atoms with E-state index in [1.165, 1.54) is 11.8 Å². The molecule has 110 valence electrons. The van der Waals surface area contributed by atoms with Gasteiger partial charge in [-0.05, 0) is 31.5 Å². The number of nitrogens with zero attached hydrogens (tertiary/aromatic N) is 2. The summed E-state index contributed by atoms with van der Waals surface area (Å²) in [6.07, 6.45) is 0.673. The first-order valence-electron chi connectivity index (χ1n) is 6.50. The molecule has 6 heteroatoms. The van der Waals surface area contributed by atoms with Gasteiger partial charge >= 0.3 is 5.97 Å². The first-order valence-corrected chi connectivity index (χ1v) is 6.50. The Bertz CT molecular complexity index is 686. The first-order chi connectivity index (χ1) is 9.93. The van der Waals surface area contributed by atoms with Crippen LogP contribution in [0.5, 0.6) is 0 Å². The van der Waals surface area contributed by atoms with Gasteiger partial charge in [-0.3, -0.25) is 5.41 Å². The number of rotatable bonds is 3. The van der Waals surface area contributed by atoms with Gasteiger partial charge in [0.15, 0.2) is 0 Å². The van der Waals surface area contributed by atoms with Crippen LogP contribution in [-0.2, 0) is 11.2 Å². The Morgan fingerprint density at radius 3 is 2.43 bits per heavy atom. The maximum absolute atomic E-state index is 11.4. The minimum absolute atomic E-state index is 0.0945. The molecule has 2 aromatic rings. The second-order valence-electron chi connectivity index (χ2n) is 4.81. The minimum Gasteiger partial charge on any atom is -0.465 e. The van der Waals surface area contributed by atoms with E-state index in [9.17, 15) is 4.79 Å². The number of hydrogen-bond acceptors (Lipinski definition) is 4. The molecule has 0 radical (unpaired) electrons. The van der Waals surface area contributed by atoms with E-state index in [2.05, 4.69) is 9.84 Å². The molecule has 1 aromatic heterocycles. The molecule has 0 aliphatic rings. The van der Waals surface area contributed by atoms with Gasteiger partial charge in [-0.2, -0.15) is 5.10 Å². The standard InChI is InChI=1S/C15H18N4O2/c1-9-13(10(2)19(18-9)15(16)17)8-11-4-6-12(7-5-11)14(20)21-3/h4-7H,8H2,1-3H3,(H3,16,17). The van der Waals surface area contributed by atoms with Gasteiger partial charge in [0.2, 0.25) is 5.96 Å². The summed E-state index contributed by atoms with van der Waals surface area (Å²) in [7, 11) is 1.36. The van der Waals surface area contributed by atoms with Crippen molar-refractivity contribution in [3.8, 4) is 0 Å². The highest BCUT2D eigenvalue weighted by atomic mass is 16.5. The molecule has 0 unspecified atom stereocenters. The highest BCUT2D eigenvalue weighted by Gasteiger charge is 2.13. The minimum atomic E-state index is -0.349. The summed E-state index contributed by atoms with van der Waals surface area (Å²) < 4.78 is 6.10. The number of nitrogen functional groups attached to an aromatic ring is 1. The zero-order valence-corrected chi connectivity index (χ0v) is 12.3. The quantitative estimate of drug-likeness (QED) is 0.509. The Hall–Kier alpha value is -2.63. The van der Waals surface area contributed by atoms with Crippen LogP contribution in [0.3, 0.4) is 0 Å². The predicted octanol–water partition coefficient (Wildman–Crippen LogP) is 1.62. The third kappa shape index (κ3) is 2.94. The van der Waals surface area contributed by atoms with Crippen molar-refractivity contribution < 1.29 is 9.53 Å². The number of aromatic nitrogens is 2. The molecule has 0 spiro atoms. The van der Waals surface area contributed by atoms with Crippen LogP contribution < -0.4 is 5.73 Å². The summed E-state index contributed by atoms with van der Waals surface area (Å²) in [4.78, 5) is 11.4. The number of methoxy groups -OCH3 is 1. The number of carbonyl (C=O) groups excluding carboxylic acids is 1. The molecule has 21 heavy (non-hydrogen) atoms. The Labute approximate surface area is 123 Å². The molecule has 3 N–H and O–H groups in total. The fourth-order valence-corrected chi connectivity index (χ4v) is 2.25. The van der Waals surface area contributed by atoms with Crippen molar-refractivity contribution in [3.63, 3.8) is 0 Å². The van der Waals surface area contributed by atoms with Gasteiger partial charge in [-0.15, -0.1) is 0 Å². The highest BCUT2D eigenvalue weighted by Crippen LogP contribution is 2.18. The zero-order valence-electron chi connectivity index (χ0n) is 12.3. The molecule has 0 amide bonds. The summed E-state index contributed by atoms with van der Waals surface area (Å²) in [5, 5.41) is 11.7. The monoisotopic (exact) mass is 286 g/mol. The number of aryl methyl sites for hydroxylation is 1. The number of hydrogen-bond donors (Lipinski definition) is 2. The maximum Gasteiger partial charge on any atom is 0.337 e. The second-order valence-corrected chi connectivity index (χ2v) is 4.81. The van der Waals surface area contributed by atoms with Crippen molar-refractivity contribution in [2.24, 2.45) is 5.73 Å². The molecule has 0 saturated carbocycles. The van der Waals surface area contributed by atoms with Crippen molar-refractivity contribution in [2.45, 2.75) is 20.3 Å². The lowest BCUT2D eigenvalue weighted by atomic mass is 10.0. The average molecular weight is 286 g/mol. The van der Waals surface area contributed by atoms with Crippen LogP contribution in [0.4, 0.5) is 0 Å². The summed E-state index contributed by atoms with van der Waals surface area (Å²) >= 11 is 0. The van der Waals surface area contributed by atoms with Gasteiger partial charge in [0.05, 0.1) is 18.4 Å². The van der Waals surface area contributed by atoms with E-state index in [4.69, 9.17) is 11.1 Å². The van der Waals surface area contributed by atoms with E-state index < -0.39 is 0 Å². The lowest BCUT2D eigenvalue weighted by molar-refractivity contribution is 0.0600. The molecule has 0 aliphatic carbocycles. The zero-order chi connectivity index (χ0) is 15.6. The first kappa shape index (κ1) is 14.8. The fraction of sp³-hybridized carbons (Fsp3) is 0.267. The van der Waals surface area contributed by atoms with Gasteiger partial charge in [-0.25, -0.2) is 9.48 Å². The highest BCUT2D eigenvalue weighted by molar-refractivity contribution is 5.89. The molecule has 0 aliphatic heterocycles. The summed E-state index contributed by atoms with van der Waals surface area (Å²) in [6.45, 7) is 3.78. The van der Waals surface area contributed by atoms with Crippen molar-refractivity contribution in [1.29, 1.82) is 5.41 Å². The van der Waals surface area contributed by atoms with Crippen LogP contribution in [-0.4, -0.2) is 28.8 Å². The fourth-order valence-electron chi connectivity index (χ4n) is 2.25. The van der Waals surface area contributed by atoms with Crippen LogP contribution in [0.15, 0.2) is 24.3 Å². The van der Waals surface area contributed by atoms with Crippen LogP contribution in [0.1, 0.15) is 32.9 Å². The van der Waals surface area contributed by atoms with E-state index in [1.54, 1.807) is 12.1 Å². The summed E-state index contributed by atoms with van der Waals surface area (Å²) in [5.74, 6) is -0.443. The smallest absolute Gasteiger partial charge is 0.337 e. The topological polar surface area (TPSA) is 94.0 Å². The number of esters is 1. The average Bonchev–Trinajstić information content (AvgIpc) is 2.75. The van der Waals surface area contributed by atoms with Crippen molar-refractivity contribution in [2.75, 3.05) is 7.11 Å². The molecule has 0 fully saturated rings. The van der Waals surface area contributed by atoms with Crippen molar-refractivity contribution >= 4 is 11.9 Å². The van der Waals surface area contributed by atoms with Crippen LogP contribution in [0.25, 0.3) is 0 Å². The maximum atomic E-state index is 11.4. The number of nitrogens with two attached hydrogens (primary N) is 1. The summed E-state index contributed by atoms with van der Waals surface area (Å²) in [6, 6.07) is 7.24. The van der Waals surface area contributed by atoms with Gasteiger partial charge in [0.25, 0.3) is 0 Å². The summed E-state index contributed by atoms with van der Waals surface area (Å²) in [5.41, 5.74) is 9.81. The SMILES string of the molecule is COC(=O)c1ccc(Cc2c(C)nn(C(=N)N)c2C)cc1. The second kappa shape index (κ2) is 5.78. The molecule has 1 heterocycles. The molecule has 6 nitrogen and oxygen atoms in total. The van der Waals surface area contributed by atoms with Crippen LogP contribution in [0.2, 0.25) is 0 Å². The van der Waals surface area contributed by atoms with E-state index in [1.807, 2.05) is 26.0 Å². The largest absolute Gasteiger partial charge is 0.465 e. The van der Waals surface area contributed by atoms with Crippen molar-refractivity contribution in [3.05, 3.63) is 52.3 Å². The van der Waals surface area contributed by atoms with E-state index >= 15 is 0 Å². The normalized spacial score (nSPS) is 10.4. The molecular formula is C15H18N4O2. The lowest BCUT2D eigenvalue weighted by Gasteiger charge is -2.05. The van der Waals surface area contributed by atoms with E-state index in [-0.39, 0.29) is 11.9 Å². The van der Waals surface area contributed by atoms with Crippen LogP contribution >= 0.6 is 0 Å². The van der Waals surface area contributed by atoms with Gasteiger partial charge in [-0.1, -0.05) is 12.1 Å². The van der Waals surface area contributed by atoms with Crippen LogP contribution in [0, 0.1) is 19.3 Å². The Kier molecular flexibility index (Phi) is 4.07. The number of carbonyl (C=O) groups is 1. The Morgan fingerprint density at radius 2 is 1.95 bits per heavy atom. The molecule has 0 bridgehead atoms. The molecule has 2 rings (SSSR count). The van der Waals surface area contributed by atoms with E-state index in [0.29, 0.717) is 12.0 Å². The molecule has 0 saturated heterocycles. The Morgan fingerprint density at radius 1 is 1.33 bits per heavy atom. The van der Waals surface area contributed by atoms with E-state index in [0.717, 1.165) is 22.5 Å². The number of benzene rings is 1. The third-order valence-electron chi connectivity index (χ3n) is 3.43. The third-order valence-corrected chi connectivity index (χ3v) is 3.43. The molecule has 1 aromatic carbocycles. The van der Waals surface area contributed by atoms with Crippen molar-refractivity contribution in [1.82, 2.24) is 9.78 Å². The van der Waals surface area contributed by atoms with Gasteiger partial charge in [0, 0.05) is 17.7 Å². The molecule has 0 atom stereocenters. The molecular weight excluding hydrogens is 268 g/mol. The number of nitrogens with one attached hydrogen (secondary N) is 1.